The second kappa shape index (κ2) is 6.49. The van der Waals surface area contributed by atoms with Gasteiger partial charge in [-0.25, -0.2) is 8.78 Å². The first-order chi connectivity index (χ1) is 9.43. The van der Waals surface area contributed by atoms with Gasteiger partial charge in [0.05, 0.1) is 6.04 Å². The fraction of sp³-hybridized carbons (Fsp3) is 0.200. The van der Waals surface area contributed by atoms with E-state index in [0.717, 1.165) is 19.7 Å². The molecule has 0 aliphatic rings. The molecule has 1 unspecified atom stereocenters. The van der Waals surface area contributed by atoms with Crippen molar-refractivity contribution in [3.63, 3.8) is 0 Å². The van der Waals surface area contributed by atoms with Gasteiger partial charge in [-0.2, -0.15) is 0 Å². The number of hydrogen-bond acceptors (Lipinski definition) is 1. The minimum Gasteiger partial charge on any atom is -0.309 e. The average molecular weight is 452 g/mol. The minimum atomic E-state index is -0.539. The van der Waals surface area contributed by atoms with Gasteiger partial charge in [0.1, 0.15) is 11.6 Å². The summed E-state index contributed by atoms with van der Waals surface area (Å²) in [5.74, 6) is -1.06. The van der Waals surface area contributed by atoms with Gasteiger partial charge in [0.15, 0.2) is 0 Å². The van der Waals surface area contributed by atoms with E-state index >= 15 is 0 Å². The third-order valence-electron chi connectivity index (χ3n) is 3.15. The lowest BCUT2D eigenvalue weighted by molar-refractivity contribution is 0.547. The Morgan fingerprint density at radius 3 is 2.45 bits per heavy atom. The number of benzene rings is 2. The van der Waals surface area contributed by atoms with Gasteiger partial charge in [-0.1, -0.05) is 15.9 Å². The van der Waals surface area contributed by atoms with Gasteiger partial charge in [0.2, 0.25) is 0 Å². The van der Waals surface area contributed by atoms with Crippen LogP contribution in [0.25, 0.3) is 0 Å². The molecular formula is C15H13BrF2IN. The molecule has 20 heavy (non-hydrogen) atoms. The standard InChI is InChI=1S/C15H13BrF2IN/c1-8-5-10(13(18)7-12(8)17)15(20-2)11-6-9(16)3-4-14(11)19/h3-7,15,20H,1-2H3. The Balaban J connectivity index is 2.58. The van der Waals surface area contributed by atoms with Crippen molar-refractivity contribution in [2.75, 3.05) is 7.05 Å². The van der Waals surface area contributed by atoms with Crippen molar-refractivity contribution in [2.24, 2.45) is 0 Å². The molecule has 2 aromatic carbocycles. The largest absolute Gasteiger partial charge is 0.309 e. The molecule has 106 valence electrons. The summed E-state index contributed by atoms with van der Waals surface area (Å²) < 4.78 is 29.4. The van der Waals surface area contributed by atoms with Gasteiger partial charge in [-0.3, -0.25) is 0 Å². The zero-order valence-electron chi connectivity index (χ0n) is 11.0. The van der Waals surface area contributed by atoms with Gasteiger partial charge in [0.25, 0.3) is 0 Å². The molecule has 0 spiro atoms. The lowest BCUT2D eigenvalue weighted by Gasteiger charge is -2.20. The third kappa shape index (κ3) is 3.20. The molecule has 1 N–H and O–H groups in total. The van der Waals surface area contributed by atoms with Crippen LogP contribution >= 0.6 is 38.5 Å². The monoisotopic (exact) mass is 451 g/mol. The zero-order valence-corrected chi connectivity index (χ0v) is 14.7. The van der Waals surface area contributed by atoms with Crippen LogP contribution < -0.4 is 5.32 Å². The van der Waals surface area contributed by atoms with Crippen molar-refractivity contribution in [3.8, 4) is 0 Å². The SMILES string of the molecule is CNC(c1cc(C)c(F)cc1F)c1cc(Br)ccc1I. The molecule has 0 aromatic heterocycles. The van der Waals surface area contributed by atoms with E-state index in [0.29, 0.717) is 11.1 Å². The molecule has 0 fully saturated rings. The molecule has 0 aliphatic heterocycles. The molecule has 2 aromatic rings. The van der Waals surface area contributed by atoms with Crippen molar-refractivity contribution in [2.45, 2.75) is 13.0 Å². The van der Waals surface area contributed by atoms with Crippen LogP contribution in [0, 0.1) is 22.1 Å². The maximum atomic E-state index is 14.1. The average Bonchev–Trinajstić information content (AvgIpc) is 2.40. The summed E-state index contributed by atoms with van der Waals surface area (Å²) >= 11 is 5.64. The van der Waals surface area contributed by atoms with Gasteiger partial charge >= 0.3 is 0 Å². The quantitative estimate of drug-likeness (QED) is 0.651. The van der Waals surface area contributed by atoms with Crippen molar-refractivity contribution in [3.05, 3.63) is 66.7 Å². The minimum absolute atomic E-state index is 0.321. The van der Waals surface area contributed by atoms with Crippen LogP contribution in [-0.4, -0.2) is 7.05 Å². The van der Waals surface area contributed by atoms with Crippen LogP contribution in [0.1, 0.15) is 22.7 Å². The fourth-order valence-corrected chi connectivity index (χ4v) is 3.14. The predicted molar refractivity (Wildman–Crippen MR) is 88.9 cm³/mol. The van der Waals surface area contributed by atoms with Crippen LogP contribution in [0.4, 0.5) is 8.78 Å². The predicted octanol–water partition coefficient (Wildman–Crippen LogP) is 4.95. The van der Waals surface area contributed by atoms with Gasteiger partial charge in [0, 0.05) is 19.7 Å². The second-order valence-corrected chi connectivity index (χ2v) is 6.59. The highest BCUT2D eigenvalue weighted by Crippen LogP contribution is 2.31. The molecule has 2 rings (SSSR count). The Hall–Kier alpha value is -0.530. The molecule has 1 nitrogen and oxygen atoms in total. The Kier molecular flexibility index (Phi) is 5.14. The smallest absolute Gasteiger partial charge is 0.131 e. The topological polar surface area (TPSA) is 12.0 Å². The van der Waals surface area contributed by atoms with Crippen molar-refractivity contribution < 1.29 is 8.78 Å². The Bertz CT molecular complexity index is 646. The summed E-state index contributed by atoms with van der Waals surface area (Å²) in [5, 5.41) is 3.10. The summed E-state index contributed by atoms with van der Waals surface area (Å²) in [7, 11) is 1.76. The second-order valence-electron chi connectivity index (χ2n) is 4.51. The summed E-state index contributed by atoms with van der Waals surface area (Å²) in [6.07, 6.45) is 0. The zero-order chi connectivity index (χ0) is 14.9. The summed E-state index contributed by atoms with van der Waals surface area (Å²) in [5.41, 5.74) is 1.83. The van der Waals surface area contributed by atoms with E-state index in [-0.39, 0.29) is 6.04 Å². The number of aryl methyl sites for hydroxylation is 1. The summed E-state index contributed by atoms with van der Waals surface area (Å²) in [6, 6.07) is 8.02. The normalized spacial score (nSPS) is 12.5. The number of halogens is 4. The Labute approximate surface area is 139 Å². The molecular weight excluding hydrogens is 439 g/mol. The molecule has 0 saturated carbocycles. The molecule has 0 bridgehead atoms. The maximum Gasteiger partial charge on any atom is 0.131 e. The van der Waals surface area contributed by atoms with E-state index in [9.17, 15) is 8.78 Å². The van der Waals surface area contributed by atoms with Crippen LogP contribution in [0.2, 0.25) is 0 Å². The number of hydrogen-bond donors (Lipinski definition) is 1. The van der Waals surface area contributed by atoms with E-state index in [4.69, 9.17) is 0 Å². The van der Waals surface area contributed by atoms with Crippen LogP contribution in [0.15, 0.2) is 34.8 Å². The lowest BCUT2D eigenvalue weighted by Crippen LogP contribution is -2.20. The van der Waals surface area contributed by atoms with Crippen molar-refractivity contribution >= 4 is 38.5 Å². The molecule has 0 radical (unpaired) electrons. The highest BCUT2D eigenvalue weighted by molar-refractivity contribution is 14.1. The van der Waals surface area contributed by atoms with E-state index in [1.165, 1.54) is 0 Å². The van der Waals surface area contributed by atoms with E-state index in [1.54, 1.807) is 20.0 Å². The van der Waals surface area contributed by atoms with Crippen molar-refractivity contribution in [1.82, 2.24) is 5.32 Å². The van der Waals surface area contributed by atoms with Crippen molar-refractivity contribution in [1.29, 1.82) is 0 Å². The maximum absolute atomic E-state index is 14.1. The fourth-order valence-electron chi connectivity index (χ4n) is 2.12. The van der Waals surface area contributed by atoms with E-state index in [1.807, 2.05) is 18.2 Å². The van der Waals surface area contributed by atoms with Crippen LogP contribution in [0.3, 0.4) is 0 Å². The molecule has 0 aliphatic carbocycles. The molecule has 1 atom stereocenters. The first-order valence-corrected chi connectivity index (χ1v) is 7.89. The first kappa shape index (κ1) is 15.9. The highest BCUT2D eigenvalue weighted by atomic mass is 127. The van der Waals surface area contributed by atoms with Gasteiger partial charge in [-0.15, -0.1) is 0 Å². The summed E-state index contributed by atoms with van der Waals surface area (Å²) in [4.78, 5) is 0. The third-order valence-corrected chi connectivity index (χ3v) is 4.62. The van der Waals surface area contributed by atoms with E-state index in [2.05, 4.69) is 43.8 Å². The van der Waals surface area contributed by atoms with Gasteiger partial charge < -0.3 is 5.32 Å². The molecule has 5 heteroatoms. The number of rotatable bonds is 3. The number of nitrogens with one attached hydrogen (secondary N) is 1. The molecule has 0 saturated heterocycles. The van der Waals surface area contributed by atoms with Crippen LogP contribution in [0.5, 0.6) is 0 Å². The Morgan fingerprint density at radius 1 is 1.10 bits per heavy atom. The summed E-state index contributed by atoms with van der Waals surface area (Å²) in [6.45, 7) is 1.64. The molecule has 0 amide bonds. The Morgan fingerprint density at radius 2 is 1.80 bits per heavy atom. The lowest BCUT2D eigenvalue weighted by atomic mass is 9.97. The van der Waals surface area contributed by atoms with E-state index < -0.39 is 11.6 Å². The van der Waals surface area contributed by atoms with Gasteiger partial charge in [-0.05, 0) is 72.0 Å². The first-order valence-electron chi connectivity index (χ1n) is 6.01. The van der Waals surface area contributed by atoms with Crippen LogP contribution in [-0.2, 0) is 0 Å². The highest BCUT2D eigenvalue weighted by Gasteiger charge is 2.20. The molecule has 0 heterocycles.